The van der Waals surface area contributed by atoms with Crippen LogP contribution in [0.2, 0.25) is 0 Å². The Bertz CT molecular complexity index is 371. The predicted molar refractivity (Wildman–Crippen MR) is 49.0 cm³/mol. The summed E-state index contributed by atoms with van der Waals surface area (Å²) in [4.78, 5) is 10.8. The van der Waals surface area contributed by atoms with Gasteiger partial charge in [-0.1, -0.05) is 24.3 Å². The molecule has 1 aromatic carbocycles. The Morgan fingerprint density at radius 1 is 1.38 bits per heavy atom. The summed E-state index contributed by atoms with van der Waals surface area (Å²) in [6.07, 6.45) is 3.54. The minimum Gasteiger partial charge on any atom is -0.479 e. The van der Waals surface area contributed by atoms with E-state index < -0.39 is 12.0 Å². The van der Waals surface area contributed by atoms with Crippen molar-refractivity contribution < 1.29 is 9.90 Å². The van der Waals surface area contributed by atoms with Crippen LogP contribution in [0.1, 0.15) is 17.2 Å². The van der Waals surface area contributed by atoms with Crippen LogP contribution >= 0.6 is 0 Å². The standard InChI is InChI=1S/C10H9NO2/c12-10(13)9-8-4-2-1-3-7(8)5-6-11-9/h1-6,9,11H,(H,12,13). The second-order valence-corrected chi connectivity index (χ2v) is 2.90. The average molecular weight is 175 g/mol. The zero-order valence-electron chi connectivity index (χ0n) is 6.90. The Hall–Kier alpha value is -1.77. The fourth-order valence-electron chi connectivity index (χ4n) is 1.45. The van der Waals surface area contributed by atoms with Gasteiger partial charge in [0.2, 0.25) is 0 Å². The Labute approximate surface area is 75.7 Å². The molecule has 0 saturated heterocycles. The summed E-state index contributed by atoms with van der Waals surface area (Å²) in [6.45, 7) is 0. The van der Waals surface area contributed by atoms with E-state index in [1.807, 2.05) is 30.3 Å². The van der Waals surface area contributed by atoms with Gasteiger partial charge in [-0.2, -0.15) is 0 Å². The summed E-state index contributed by atoms with van der Waals surface area (Å²) in [7, 11) is 0. The number of rotatable bonds is 1. The van der Waals surface area contributed by atoms with Crippen LogP contribution in [0.5, 0.6) is 0 Å². The maximum absolute atomic E-state index is 10.8. The molecular weight excluding hydrogens is 166 g/mol. The highest BCUT2D eigenvalue weighted by molar-refractivity contribution is 5.79. The summed E-state index contributed by atoms with van der Waals surface area (Å²) in [6, 6.07) is 6.86. The number of hydrogen-bond donors (Lipinski definition) is 2. The molecule has 1 atom stereocenters. The van der Waals surface area contributed by atoms with E-state index in [-0.39, 0.29) is 0 Å². The number of carboxylic acid groups (broad SMARTS) is 1. The first-order valence-corrected chi connectivity index (χ1v) is 4.03. The van der Waals surface area contributed by atoms with E-state index in [9.17, 15) is 4.79 Å². The highest BCUT2D eigenvalue weighted by atomic mass is 16.4. The zero-order valence-corrected chi connectivity index (χ0v) is 6.90. The fraction of sp³-hybridized carbons (Fsp3) is 0.100. The van der Waals surface area contributed by atoms with Crippen LogP contribution in [0, 0.1) is 0 Å². The van der Waals surface area contributed by atoms with Crippen molar-refractivity contribution in [3.63, 3.8) is 0 Å². The summed E-state index contributed by atoms with van der Waals surface area (Å²) >= 11 is 0. The third-order valence-electron chi connectivity index (χ3n) is 2.08. The minimum atomic E-state index is -0.850. The third-order valence-corrected chi connectivity index (χ3v) is 2.08. The van der Waals surface area contributed by atoms with Gasteiger partial charge in [0.05, 0.1) is 0 Å². The quantitative estimate of drug-likeness (QED) is 0.678. The van der Waals surface area contributed by atoms with Gasteiger partial charge in [0.25, 0.3) is 0 Å². The molecule has 2 rings (SSSR count). The molecule has 1 heterocycles. The molecule has 0 bridgehead atoms. The molecule has 1 aromatic rings. The van der Waals surface area contributed by atoms with E-state index >= 15 is 0 Å². The van der Waals surface area contributed by atoms with Gasteiger partial charge in [0.1, 0.15) is 0 Å². The van der Waals surface area contributed by atoms with Gasteiger partial charge in [-0.3, -0.25) is 0 Å². The van der Waals surface area contributed by atoms with Crippen molar-refractivity contribution in [3.8, 4) is 0 Å². The normalized spacial score (nSPS) is 18.9. The van der Waals surface area contributed by atoms with Crippen molar-refractivity contribution in [3.05, 3.63) is 41.6 Å². The van der Waals surface area contributed by atoms with Gasteiger partial charge in [0.15, 0.2) is 6.04 Å². The largest absolute Gasteiger partial charge is 0.479 e. The summed E-state index contributed by atoms with van der Waals surface area (Å²) in [5.74, 6) is -0.850. The van der Waals surface area contributed by atoms with E-state index in [4.69, 9.17) is 5.11 Å². The second kappa shape index (κ2) is 2.94. The molecule has 3 heteroatoms. The highest BCUT2D eigenvalue weighted by Gasteiger charge is 2.22. The van der Waals surface area contributed by atoms with Crippen molar-refractivity contribution in [2.75, 3.05) is 0 Å². The number of carbonyl (C=O) groups is 1. The lowest BCUT2D eigenvalue weighted by Crippen LogP contribution is -2.27. The lowest BCUT2D eigenvalue weighted by molar-refractivity contribution is -0.139. The van der Waals surface area contributed by atoms with E-state index in [1.54, 1.807) is 6.20 Å². The van der Waals surface area contributed by atoms with E-state index in [0.717, 1.165) is 11.1 Å². The van der Waals surface area contributed by atoms with Gasteiger partial charge in [-0.15, -0.1) is 0 Å². The lowest BCUT2D eigenvalue weighted by atomic mass is 9.98. The molecule has 66 valence electrons. The number of carboxylic acids is 1. The van der Waals surface area contributed by atoms with Crippen LogP contribution in [0.25, 0.3) is 6.08 Å². The SMILES string of the molecule is O=C(O)C1NC=Cc2ccccc21. The monoisotopic (exact) mass is 175 g/mol. The van der Waals surface area contributed by atoms with Gasteiger partial charge in [-0.25, -0.2) is 4.79 Å². The molecule has 13 heavy (non-hydrogen) atoms. The Kier molecular flexibility index (Phi) is 1.77. The maximum Gasteiger partial charge on any atom is 0.330 e. The van der Waals surface area contributed by atoms with Crippen LogP contribution in [0.4, 0.5) is 0 Å². The Morgan fingerprint density at radius 2 is 2.15 bits per heavy atom. The first-order chi connectivity index (χ1) is 6.29. The van der Waals surface area contributed by atoms with Crippen molar-refractivity contribution in [2.24, 2.45) is 0 Å². The van der Waals surface area contributed by atoms with E-state index in [0.29, 0.717) is 0 Å². The summed E-state index contributed by atoms with van der Waals surface area (Å²) < 4.78 is 0. The van der Waals surface area contributed by atoms with Crippen molar-refractivity contribution in [1.29, 1.82) is 0 Å². The molecule has 3 nitrogen and oxygen atoms in total. The van der Waals surface area contributed by atoms with Crippen LogP contribution in [0.15, 0.2) is 30.5 Å². The molecule has 0 radical (unpaired) electrons. The maximum atomic E-state index is 10.8. The molecule has 0 amide bonds. The van der Waals surface area contributed by atoms with E-state index in [2.05, 4.69) is 5.32 Å². The first-order valence-electron chi connectivity index (χ1n) is 4.03. The van der Waals surface area contributed by atoms with Gasteiger partial charge < -0.3 is 10.4 Å². The first kappa shape index (κ1) is 7.86. The number of benzene rings is 1. The molecule has 0 fully saturated rings. The molecule has 1 unspecified atom stereocenters. The molecule has 0 saturated carbocycles. The van der Waals surface area contributed by atoms with Crippen LogP contribution < -0.4 is 5.32 Å². The van der Waals surface area contributed by atoms with Gasteiger partial charge >= 0.3 is 5.97 Å². The van der Waals surface area contributed by atoms with Crippen molar-refractivity contribution >= 4 is 12.0 Å². The van der Waals surface area contributed by atoms with Crippen LogP contribution in [-0.4, -0.2) is 11.1 Å². The highest BCUT2D eigenvalue weighted by Crippen LogP contribution is 2.22. The molecule has 0 aromatic heterocycles. The predicted octanol–water partition coefficient (Wildman–Crippen LogP) is 1.39. The third kappa shape index (κ3) is 1.28. The summed E-state index contributed by atoms with van der Waals surface area (Å²) in [5, 5.41) is 11.7. The molecule has 2 N–H and O–H groups in total. The average Bonchev–Trinajstić information content (AvgIpc) is 2.17. The lowest BCUT2D eigenvalue weighted by Gasteiger charge is -2.19. The molecule has 1 aliphatic heterocycles. The van der Waals surface area contributed by atoms with Crippen LogP contribution in [-0.2, 0) is 4.79 Å². The van der Waals surface area contributed by atoms with E-state index in [1.165, 1.54) is 0 Å². The number of hydrogen-bond acceptors (Lipinski definition) is 2. The minimum absolute atomic E-state index is 0.610. The van der Waals surface area contributed by atoms with Gasteiger partial charge in [-0.05, 0) is 23.4 Å². The molecular formula is C10H9NO2. The molecule has 0 spiro atoms. The van der Waals surface area contributed by atoms with Crippen LogP contribution in [0.3, 0.4) is 0 Å². The van der Waals surface area contributed by atoms with Crippen molar-refractivity contribution in [1.82, 2.24) is 5.32 Å². The number of fused-ring (bicyclic) bond motifs is 1. The fourth-order valence-corrected chi connectivity index (χ4v) is 1.45. The number of nitrogens with one attached hydrogen (secondary N) is 1. The van der Waals surface area contributed by atoms with Gasteiger partial charge in [0, 0.05) is 0 Å². The summed E-state index contributed by atoms with van der Waals surface area (Å²) in [5.41, 5.74) is 1.78. The molecule has 0 aliphatic carbocycles. The number of aliphatic carboxylic acids is 1. The Morgan fingerprint density at radius 3 is 2.92 bits per heavy atom. The second-order valence-electron chi connectivity index (χ2n) is 2.90. The Balaban J connectivity index is 2.49. The smallest absolute Gasteiger partial charge is 0.330 e. The zero-order chi connectivity index (χ0) is 9.26. The molecule has 1 aliphatic rings. The van der Waals surface area contributed by atoms with Crippen molar-refractivity contribution in [2.45, 2.75) is 6.04 Å². The topological polar surface area (TPSA) is 49.3 Å².